The molecule has 11 nitrogen and oxygen atoms in total. The zero-order chi connectivity index (χ0) is 32.5. The zero-order valence-corrected chi connectivity index (χ0v) is 21.9. The van der Waals surface area contributed by atoms with E-state index < -0.39 is 36.4 Å². The standard InChI is InChI=1S/C15H19N5S.3C2HF3O2/c1-11-18-12(10-21-11)9-19-7-3-14-13(19)4-8-20(14)15-16-5-2-6-17-15;3*3-2(4,5)1(6)7/h2,5-6,10,13-14H,3-4,7-9H2,1H3;3*(H,6,7)/t13-,14+;;;/m1.../s1. The van der Waals surface area contributed by atoms with Gasteiger partial charge in [0.15, 0.2) is 0 Å². The van der Waals surface area contributed by atoms with Gasteiger partial charge in [-0.3, -0.25) is 4.90 Å². The predicted octanol–water partition coefficient (Wildman–Crippen LogP) is 3.99. The number of halogens is 9. The van der Waals surface area contributed by atoms with E-state index in [1.807, 2.05) is 18.5 Å². The summed E-state index contributed by atoms with van der Waals surface area (Å²) in [6, 6.07) is 3.06. The Morgan fingerprint density at radius 3 is 1.64 bits per heavy atom. The summed E-state index contributed by atoms with van der Waals surface area (Å²) in [5.41, 5.74) is 1.22. The zero-order valence-electron chi connectivity index (χ0n) is 21.1. The Morgan fingerprint density at radius 1 is 0.833 bits per heavy atom. The number of likely N-dealkylation sites (tertiary alicyclic amines) is 1. The fraction of sp³-hybridized carbons (Fsp3) is 0.524. The van der Waals surface area contributed by atoms with Crippen LogP contribution < -0.4 is 4.90 Å². The van der Waals surface area contributed by atoms with Crippen LogP contribution in [0.1, 0.15) is 23.5 Å². The molecule has 4 rings (SSSR count). The molecule has 0 aliphatic carbocycles. The van der Waals surface area contributed by atoms with Gasteiger partial charge in [-0.1, -0.05) is 0 Å². The minimum Gasteiger partial charge on any atom is -0.475 e. The van der Waals surface area contributed by atoms with Crippen molar-refractivity contribution in [3.05, 3.63) is 34.5 Å². The van der Waals surface area contributed by atoms with Crippen LogP contribution in [0.2, 0.25) is 0 Å². The molecule has 4 heterocycles. The van der Waals surface area contributed by atoms with Crippen molar-refractivity contribution in [2.75, 3.05) is 18.0 Å². The topological polar surface area (TPSA) is 157 Å². The predicted molar refractivity (Wildman–Crippen MR) is 125 cm³/mol. The average Bonchev–Trinajstić information content (AvgIpc) is 3.57. The summed E-state index contributed by atoms with van der Waals surface area (Å²) < 4.78 is 95.2. The van der Waals surface area contributed by atoms with Gasteiger partial charge in [0.2, 0.25) is 5.95 Å². The van der Waals surface area contributed by atoms with E-state index in [-0.39, 0.29) is 0 Å². The van der Waals surface area contributed by atoms with Crippen LogP contribution in [0, 0.1) is 6.92 Å². The lowest BCUT2D eigenvalue weighted by atomic mass is 10.1. The molecule has 2 aromatic heterocycles. The van der Waals surface area contributed by atoms with E-state index in [1.54, 1.807) is 11.3 Å². The highest BCUT2D eigenvalue weighted by Crippen LogP contribution is 2.34. The first kappa shape index (κ1) is 36.3. The molecule has 2 aromatic rings. The highest BCUT2D eigenvalue weighted by atomic mass is 32.1. The summed E-state index contributed by atoms with van der Waals surface area (Å²) >= 11 is 1.74. The lowest BCUT2D eigenvalue weighted by molar-refractivity contribution is -0.193. The molecule has 0 saturated carbocycles. The largest absolute Gasteiger partial charge is 0.490 e. The molecule has 2 aliphatic heterocycles. The molecule has 2 atom stereocenters. The average molecular weight is 643 g/mol. The third kappa shape index (κ3) is 12.0. The molecule has 3 N–H and O–H groups in total. The molecule has 42 heavy (non-hydrogen) atoms. The van der Waals surface area contributed by atoms with E-state index in [9.17, 15) is 39.5 Å². The van der Waals surface area contributed by atoms with Gasteiger partial charge < -0.3 is 20.2 Å². The molecule has 0 radical (unpaired) electrons. The van der Waals surface area contributed by atoms with Gasteiger partial charge in [-0.2, -0.15) is 39.5 Å². The minimum atomic E-state index is -5.08. The number of thiazole rings is 1. The van der Waals surface area contributed by atoms with Crippen LogP contribution in [-0.4, -0.2) is 96.8 Å². The third-order valence-electron chi connectivity index (χ3n) is 5.26. The number of carbonyl (C=O) groups is 3. The number of alkyl halides is 9. The monoisotopic (exact) mass is 643 g/mol. The maximum Gasteiger partial charge on any atom is 0.490 e. The highest BCUT2D eigenvalue weighted by Gasteiger charge is 2.43. The SMILES string of the molecule is Cc1nc(CN2CC[C@H]3[C@H]2CCN3c2ncccn2)cs1.O=C(O)C(F)(F)F.O=C(O)C(F)(F)F.O=C(O)C(F)(F)F. The number of rotatable bonds is 3. The van der Waals surface area contributed by atoms with Gasteiger partial charge in [0.25, 0.3) is 0 Å². The van der Waals surface area contributed by atoms with Crippen molar-refractivity contribution in [2.45, 2.75) is 56.9 Å². The van der Waals surface area contributed by atoms with Gasteiger partial charge in [-0.15, -0.1) is 11.3 Å². The van der Waals surface area contributed by atoms with Gasteiger partial charge in [0, 0.05) is 49.5 Å². The molecule has 2 fully saturated rings. The van der Waals surface area contributed by atoms with Crippen molar-refractivity contribution in [2.24, 2.45) is 0 Å². The summed E-state index contributed by atoms with van der Waals surface area (Å²) in [5.74, 6) is -7.39. The van der Waals surface area contributed by atoms with Crippen LogP contribution in [0.25, 0.3) is 0 Å². The van der Waals surface area contributed by atoms with Crippen molar-refractivity contribution < 1.29 is 69.2 Å². The summed E-state index contributed by atoms with van der Waals surface area (Å²) in [7, 11) is 0. The quantitative estimate of drug-likeness (QED) is 0.416. The van der Waals surface area contributed by atoms with Crippen LogP contribution in [0.4, 0.5) is 45.5 Å². The van der Waals surface area contributed by atoms with E-state index in [4.69, 9.17) is 29.7 Å². The smallest absolute Gasteiger partial charge is 0.475 e. The summed E-state index contributed by atoms with van der Waals surface area (Å²) in [4.78, 5) is 45.1. The number of carboxylic acid groups (broad SMARTS) is 3. The molecule has 236 valence electrons. The summed E-state index contributed by atoms with van der Waals surface area (Å²) in [5, 5.41) is 24.7. The molecule has 0 unspecified atom stereocenters. The van der Waals surface area contributed by atoms with Crippen LogP contribution >= 0.6 is 11.3 Å². The minimum absolute atomic E-state index is 0.562. The fourth-order valence-electron chi connectivity index (χ4n) is 3.65. The van der Waals surface area contributed by atoms with Crippen LogP contribution in [-0.2, 0) is 20.9 Å². The lowest BCUT2D eigenvalue weighted by Crippen LogP contribution is -2.37. The molecule has 0 amide bonds. The molecule has 2 saturated heterocycles. The van der Waals surface area contributed by atoms with Crippen LogP contribution in [0.5, 0.6) is 0 Å². The van der Waals surface area contributed by atoms with Crippen molar-refractivity contribution >= 4 is 35.2 Å². The number of fused-ring (bicyclic) bond motifs is 1. The molecule has 21 heteroatoms. The second kappa shape index (κ2) is 14.9. The number of hydrogen-bond donors (Lipinski definition) is 3. The number of nitrogens with zero attached hydrogens (tertiary/aromatic N) is 5. The van der Waals surface area contributed by atoms with Gasteiger partial charge in [0.05, 0.1) is 10.7 Å². The number of aryl methyl sites for hydroxylation is 1. The van der Waals surface area contributed by atoms with Crippen molar-refractivity contribution in [1.82, 2.24) is 19.9 Å². The first-order chi connectivity index (χ1) is 19.1. The first-order valence-electron chi connectivity index (χ1n) is 11.2. The molecular weight excluding hydrogens is 621 g/mol. The van der Waals surface area contributed by atoms with Crippen molar-refractivity contribution in [3.8, 4) is 0 Å². The normalized spacial score (nSPS) is 18.4. The Morgan fingerprint density at radius 2 is 1.26 bits per heavy atom. The number of hydrogen-bond acceptors (Lipinski definition) is 9. The maximum atomic E-state index is 10.6. The Kier molecular flexibility index (Phi) is 12.9. The van der Waals surface area contributed by atoms with E-state index in [2.05, 4.69) is 37.1 Å². The number of aliphatic carboxylic acids is 3. The Hall–Kier alpha value is -3.75. The lowest BCUT2D eigenvalue weighted by Gasteiger charge is -2.25. The number of anilines is 1. The molecule has 0 bridgehead atoms. The van der Waals surface area contributed by atoms with Gasteiger partial charge in [-0.25, -0.2) is 29.3 Å². The molecular formula is C21H22F9N5O6S. The number of carboxylic acids is 3. The second-order valence-electron chi connectivity index (χ2n) is 8.19. The van der Waals surface area contributed by atoms with Gasteiger partial charge in [-0.05, 0) is 25.8 Å². The Labute approximate surface area is 234 Å². The van der Waals surface area contributed by atoms with Crippen LogP contribution in [0.3, 0.4) is 0 Å². The van der Waals surface area contributed by atoms with E-state index >= 15 is 0 Å². The van der Waals surface area contributed by atoms with E-state index in [0.29, 0.717) is 12.1 Å². The highest BCUT2D eigenvalue weighted by molar-refractivity contribution is 7.09. The molecule has 0 spiro atoms. The Balaban J connectivity index is 0.000000348. The Bertz CT molecular complexity index is 1120. The second-order valence-corrected chi connectivity index (χ2v) is 9.25. The van der Waals surface area contributed by atoms with E-state index in [1.165, 1.54) is 18.5 Å². The van der Waals surface area contributed by atoms with Gasteiger partial charge in [0.1, 0.15) is 0 Å². The first-order valence-corrected chi connectivity index (χ1v) is 12.1. The molecule has 0 aromatic carbocycles. The van der Waals surface area contributed by atoms with E-state index in [0.717, 1.165) is 30.6 Å². The molecule has 2 aliphatic rings. The fourth-order valence-corrected chi connectivity index (χ4v) is 4.25. The van der Waals surface area contributed by atoms with Crippen molar-refractivity contribution in [3.63, 3.8) is 0 Å². The summed E-state index contributed by atoms with van der Waals surface area (Å²) in [6.07, 6.45) is -9.18. The number of aromatic nitrogens is 3. The van der Waals surface area contributed by atoms with Crippen LogP contribution in [0.15, 0.2) is 23.8 Å². The van der Waals surface area contributed by atoms with Gasteiger partial charge >= 0.3 is 36.4 Å². The maximum absolute atomic E-state index is 10.6. The third-order valence-corrected chi connectivity index (χ3v) is 6.08. The van der Waals surface area contributed by atoms with Crippen molar-refractivity contribution in [1.29, 1.82) is 0 Å². The summed E-state index contributed by atoms with van der Waals surface area (Å²) in [6.45, 7) is 5.27.